The van der Waals surface area contributed by atoms with Crippen LogP contribution in [0.15, 0.2) is 60.7 Å². The summed E-state index contributed by atoms with van der Waals surface area (Å²) in [6.07, 6.45) is 0. The van der Waals surface area contributed by atoms with Gasteiger partial charge in [-0.3, -0.25) is 4.79 Å². The number of nitriles is 1. The summed E-state index contributed by atoms with van der Waals surface area (Å²) in [5, 5.41) is 13.7. The number of carbonyl (C=O) groups is 1. The Bertz CT molecular complexity index is 877. The summed E-state index contributed by atoms with van der Waals surface area (Å²) in [4.78, 5) is 12.3. The molecule has 0 bridgehead atoms. The number of nitrogens with two attached hydrogens (primary N) is 1. The van der Waals surface area contributed by atoms with Crippen LogP contribution in [-0.4, -0.2) is 15.6 Å². The number of hydrogen-bond donors (Lipinski definition) is 1. The maximum atomic E-state index is 12.3. The molecule has 0 fully saturated rings. The van der Waals surface area contributed by atoms with Gasteiger partial charge in [-0.05, 0) is 0 Å². The summed E-state index contributed by atoms with van der Waals surface area (Å²) in [5.41, 5.74) is 8.16. The van der Waals surface area contributed by atoms with Gasteiger partial charge in [0.1, 0.15) is 29.7 Å². The fraction of sp³-hybridized carbons (Fsp3) is 0.0556. The molecule has 2 N–H and O–H groups in total. The number of Topliss-reactive ketones (excluding diaryl/α,β-unsaturated/α-hetero) is 1. The standard InChI is InChI=1S/C18H14N4O/c19-11-15-17(14-9-5-2-6-10-14)21-22(18(15)20)12-16(23)13-7-3-1-4-8-13/h1-10H,12,20H2. The van der Waals surface area contributed by atoms with Crippen molar-refractivity contribution >= 4 is 11.6 Å². The number of ketones is 1. The van der Waals surface area contributed by atoms with Crippen molar-refractivity contribution in [1.29, 1.82) is 5.26 Å². The monoisotopic (exact) mass is 302 g/mol. The third-order valence-electron chi connectivity index (χ3n) is 3.54. The van der Waals surface area contributed by atoms with E-state index in [4.69, 9.17) is 5.73 Å². The van der Waals surface area contributed by atoms with Crippen molar-refractivity contribution in [3.05, 3.63) is 71.8 Å². The highest BCUT2D eigenvalue weighted by Gasteiger charge is 2.18. The fourth-order valence-corrected chi connectivity index (χ4v) is 2.36. The first-order chi connectivity index (χ1) is 11.2. The lowest BCUT2D eigenvalue weighted by atomic mass is 10.1. The van der Waals surface area contributed by atoms with Gasteiger partial charge in [-0.1, -0.05) is 60.7 Å². The SMILES string of the molecule is N#Cc1c(-c2ccccc2)nn(CC(=O)c2ccccc2)c1N. The highest BCUT2D eigenvalue weighted by Crippen LogP contribution is 2.26. The minimum atomic E-state index is -0.107. The Balaban J connectivity index is 1.97. The molecule has 0 aliphatic carbocycles. The highest BCUT2D eigenvalue weighted by molar-refractivity contribution is 5.96. The van der Waals surface area contributed by atoms with Crippen LogP contribution in [-0.2, 0) is 6.54 Å². The molecule has 0 aliphatic heterocycles. The molecule has 3 rings (SSSR count). The molecule has 112 valence electrons. The molecule has 1 aromatic heterocycles. The van der Waals surface area contributed by atoms with Crippen LogP contribution >= 0.6 is 0 Å². The summed E-state index contributed by atoms with van der Waals surface area (Å²) < 4.78 is 1.39. The van der Waals surface area contributed by atoms with Crippen molar-refractivity contribution in [1.82, 2.24) is 9.78 Å². The van der Waals surface area contributed by atoms with Gasteiger partial charge in [0.25, 0.3) is 0 Å². The molecular formula is C18H14N4O. The first kappa shape index (κ1) is 14.5. The summed E-state index contributed by atoms with van der Waals surface area (Å²) in [5.74, 6) is 0.0968. The number of nitrogens with zero attached hydrogens (tertiary/aromatic N) is 3. The molecule has 3 aromatic rings. The number of anilines is 1. The Morgan fingerprint density at radius 2 is 1.70 bits per heavy atom. The topological polar surface area (TPSA) is 84.7 Å². The van der Waals surface area contributed by atoms with Crippen LogP contribution in [0.5, 0.6) is 0 Å². The zero-order valence-electron chi connectivity index (χ0n) is 12.3. The number of hydrogen-bond acceptors (Lipinski definition) is 4. The van der Waals surface area contributed by atoms with Gasteiger partial charge >= 0.3 is 0 Å². The molecule has 0 unspecified atom stereocenters. The van der Waals surface area contributed by atoms with E-state index in [0.29, 0.717) is 11.3 Å². The molecular weight excluding hydrogens is 288 g/mol. The number of rotatable bonds is 4. The van der Waals surface area contributed by atoms with Gasteiger partial charge in [0.05, 0.1) is 0 Å². The van der Waals surface area contributed by atoms with E-state index in [1.165, 1.54) is 4.68 Å². The van der Waals surface area contributed by atoms with Crippen LogP contribution in [0, 0.1) is 11.3 Å². The number of benzene rings is 2. The lowest BCUT2D eigenvalue weighted by Crippen LogP contribution is -2.14. The Morgan fingerprint density at radius 1 is 1.09 bits per heavy atom. The predicted molar refractivity (Wildman–Crippen MR) is 87.6 cm³/mol. The Labute approximate surface area is 133 Å². The van der Waals surface area contributed by atoms with E-state index in [1.807, 2.05) is 36.4 Å². The third kappa shape index (κ3) is 2.83. The summed E-state index contributed by atoms with van der Waals surface area (Å²) in [6, 6.07) is 20.3. The summed E-state index contributed by atoms with van der Waals surface area (Å²) in [7, 11) is 0. The van der Waals surface area contributed by atoms with Crippen molar-refractivity contribution in [2.75, 3.05) is 5.73 Å². The minimum absolute atomic E-state index is 0.00262. The summed E-state index contributed by atoms with van der Waals surface area (Å²) in [6.45, 7) is -0.00262. The van der Waals surface area contributed by atoms with Crippen molar-refractivity contribution in [3.8, 4) is 17.3 Å². The van der Waals surface area contributed by atoms with Crippen LogP contribution in [0.1, 0.15) is 15.9 Å². The predicted octanol–water partition coefficient (Wildman–Crippen LogP) is 2.89. The van der Waals surface area contributed by atoms with Gasteiger partial charge in [-0.25, -0.2) is 4.68 Å². The average Bonchev–Trinajstić information content (AvgIpc) is 2.92. The van der Waals surface area contributed by atoms with E-state index in [1.54, 1.807) is 24.3 Å². The van der Waals surface area contributed by atoms with E-state index < -0.39 is 0 Å². The van der Waals surface area contributed by atoms with E-state index >= 15 is 0 Å². The molecule has 0 atom stereocenters. The number of nitrogen functional groups attached to an aromatic ring is 1. The van der Waals surface area contributed by atoms with Gasteiger partial charge in [-0.15, -0.1) is 0 Å². The second-order valence-corrected chi connectivity index (χ2v) is 5.03. The zero-order valence-corrected chi connectivity index (χ0v) is 12.3. The van der Waals surface area contributed by atoms with E-state index in [0.717, 1.165) is 5.56 Å². The normalized spacial score (nSPS) is 10.2. The van der Waals surface area contributed by atoms with Crippen molar-refractivity contribution < 1.29 is 4.79 Å². The van der Waals surface area contributed by atoms with Gasteiger partial charge in [0.2, 0.25) is 0 Å². The van der Waals surface area contributed by atoms with Gasteiger partial charge in [-0.2, -0.15) is 10.4 Å². The van der Waals surface area contributed by atoms with Crippen molar-refractivity contribution in [2.24, 2.45) is 0 Å². The number of aromatic nitrogens is 2. The smallest absolute Gasteiger partial charge is 0.184 e. The molecule has 5 heteroatoms. The Kier molecular flexibility index (Phi) is 3.89. The number of carbonyl (C=O) groups excluding carboxylic acids is 1. The molecule has 0 saturated carbocycles. The minimum Gasteiger partial charge on any atom is -0.383 e. The van der Waals surface area contributed by atoms with Crippen LogP contribution in [0.3, 0.4) is 0 Å². The van der Waals surface area contributed by atoms with Crippen LogP contribution in [0.2, 0.25) is 0 Å². The Morgan fingerprint density at radius 3 is 2.30 bits per heavy atom. The Hall–Kier alpha value is -3.39. The molecule has 0 saturated heterocycles. The van der Waals surface area contributed by atoms with E-state index in [2.05, 4.69) is 11.2 Å². The lowest BCUT2D eigenvalue weighted by molar-refractivity contribution is 0.0968. The maximum absolute atomic E-state index is 12.3. The van der Waals surface area contributed by atoms with E-state index in [9.17, 15) is 10.1 Å². The first-order valence-electron chi connectivity index (χ1n) is 7.10. The fourth-order valence-electron chi connectivity index (χ4n) is 2.36. The molecule has 0 spiro atoms. The highest BCUT2D eigenvalue weighted by atomic mass is 16.1. The first-order valence-corrected chi connectivity index (χ1v) is 7.10. The van der Waals surface area contributed by atoms with Gasteiger partial charge < -0.3 is 5.73 Å². The van der Waals surface area contributed by atoms with Gasteiger partial charge in [0.15, 0.2) is 5.78 Å². The molecule has 0 radical (unpaired) electrons. The second-order valence-electron chi connectivity index (χ2n) is 5.03. The average molecular weight is 302 g/mol. The third-order valence-corrected chi connectivity index (χ3v) is 3.54. The molecule has 1 heterocycles. The van der Waals surface area contributed by atoms with Crippen molar-refractivity contribution in [3.63, 3.8) is 0 Å². The van der Waals surface area contributed by atoms with Gasteiger partial charge in [0, 0.05) is 11.1 Å². The molecule has 23 heavy (non-hydrogen) atoms. The molecule has 2 aromatic carbocycles. The molecule has 5 nitrogen and oxygen atoms in total. The quantitative estimate of drug-likeness (QED) is 0.751. The van der Waals surface area contributed by atoms with Crippen LogP contribution in [0.25, 0.3) is 11.3 Å². The largest absolute Gasteiger partial charge is 0.383 e. The maximum Gasteiger partial charge on any atom is 0.184 e. The molecule has 0 amide bonds. The van der Waals surface area contributed by atoms with Crippen molar-refractivity contribution in [2.45, 2.75) is 6.54 Å². The second kappa shape index (κ2) is 6.16. The zero-order chi connectivity index (χ0) is 16.2. The summed E-state index contributed by atoms with van der Waals surface area (Å²) >= 11 is 0. The van der Waals surface area contributed by atoms with Crippen LogP contribution < -0.4 is 5.73 Å². The van der Waals surface area contributed by atoms with E-state index in [-0.39, 0.29) is 23.7 Å². The van der Waals surface area contributed by atoms with Crippen LogP contribution in [0.4, 0.5) is 5.82 Å². The lowest BCUT2D eigenvalue weighted by Gasteiger charge is -2.03. The molecule has 0 aliphatic rings.